The van der Waals surface area contributed by atoms with Crippen LogP contribution in [0.25, 0.3) is 0 Å². The van der Waals surface area contributed by atoms with Crippen LogP contribution in [0.2, 0.25) is 5.02 Å². The summed E-state index contributed by atoms with van der Waals surface area (Å²) in [6.07, 6.45) is 5.50. The second-order valence-corrected chi connectivity index (χ2v) is 10.2. The number of morpholine rings is 1. The SMILES string of the molecule is CN(CC(O)COc1ccc(S(=O)(=O)N2CCOCC2)cc1Cl)C1CCCCC1.Cl. The highest BCUT2D eigenvalue weighted by molar-refractivity contribution is 7.89. The van der Waals surface area contributed by atoms with E-state index in [1.54, 1.807) is 6.07 Å². The minimum absolute atomic E-state index is 0. The van der Waals surface area contributed by atoms with Crippen LogP contribution in [0.1, 0.15) is 32.1 Å². The number of benzene rings is 1. The molecule has 7 nitrogen and oxygen atoms in total. The molecule has 1 saturated heterocycles. The molecule has 10 heteroatoms. The van der Waals surface area contributed by atoms with Gasteiger partial charge in [-0.3, -0.25) is 0 Å². The Morgan fingerprint density at radius 2 is 1.93 bits per heavy atom. The lowest BCUT2D eigenvalue weighted by Gasteiger charge is -2.32. The Bertz CT molecular complexity index is 768. The van der Waals surface area contributed by atoms with Gasteiger partial charge >= 0.3 is 0 Å². The van der Waals surface area contributed by atoms with Crippen molar-refractivity contribution in [2.75, 3.05) is 46.5 Å². The Morgan fingerprint density at radius 3 is 2.57 bits per heavy atom. The number of hydrogen-bond acceptors (Lipinski definition) is 6. The molecule has 30 heavy (non-hydrogen) atoms. The molecular weight excluding hydrogens is 451 g/mol. The largest absolute Gasteiger partial charge is 0.489 e. The van der Waals surface area contributed by atoms with E-state index in [1.165, 1.54) is 48.5 Å². The van der Waals surface area contributed by atoms with E-state index >= 15 is 0 Å². The van der Waals surface area contributed by atoms with Gasteiger partial charge in [0.15, 0.2) is 0 Å². The van der Waals surface area contributed by atoms with E-state index in [1.807, 2.05) is 7.05 Å². The number of hydrogen-bond donors (Lipinski definition) is 1. The molecule has 172 valence electrons. The van der Waals surface area contributed by atoms with Crippen LogP contribution < -0.4 is 4.74 Å². The van der Waals surface area contributed by atoms with Gasteiger partial charge in [-0.15, -0.1) is 12.4 Å². The highest BCUT2D eigenvalue weighted by Gasteiger charge is 2.27. The number of likely N-dealkylation sites (N-methyl/N-ethyl adjacent to an activating group) is 1. The molecule has 0 radical (unpaired) electrons. The van der Waals surface area contributed by atoms with Crippen molar-refractivity contribution in [3.8, 4) is 5.75 Å². The number of aliphatic hydroxyl groups excluding tert-OH is 1. The first-order valence-corrected chi connectivity index (χ1v) is 12.1. The quantitative estimate of drug-likeness (QED) is 0.613. The normalized spacial score (nSPS) is 20.0. The molecule has 0 amide bonds. The van der Waals surface area contributed by atoms with Gasteiger partial charge in [0.1, 0.15) is 18.5 Å². The van der Waals surface area contributed by atoms with Gasteiger partial charge in [0.2, 0.25) is 10.0 Å². The monoisotopic (exact) mass is 482 g/mol. The third-order valence-electron chi connectivity index (χ3n) is 5.64. The van der Waals surface area contributed by atoms with E-state index in [-0.39, 0.29) is 28.9 Å². The van der Waals surface area contributed by atoms with E-state index in [2.05, 4.69) is 4.90 Å². The molecule has 2 fully saturated rings. The Labute approximate surface area is 190 Å². The van der Waals surface area contributed by atoms with E-state index in [9.17, 15) is 13.5 Å². The van der Waals surface area contributed by atoms with Gasteiger partial charge < -0.3 is 19.5 Å². The van der Waals surface area contributed by atoms with Gasteiger partial charge in [0.25, 0.3) is 0 Å². The lowest BCUT2D eigenvalue weighted by Crippen LogP contribution is -2.40. The molecule has 1 heterocycles. The smallest absolute Gasteiger partial charge is 0.243 e. The van der Waals surface area contributed by atoms with Crippen LogP contribution in [0.3, 0.4) is 0 Å². The maximum atomic E-state index is 12.7. The molecular formula is C20H32Cl2N2O5S. The zero-order valence-electron chi connectivity index (χ0n) is 17.3. The summed E-state index contributed by atoms with van der Waals surface area (Å²) in [7, 11) is -1.56. The summed E-state index contributed by atoms with van der Waals surface area (Å²) >= 11 is 6.26. The predicted octanol–water partition coefficient (Wildman–Crippen LogP) is 2.79. The zero-order chi connectivity index (χ0) is 20.9. The van der Waals surface area contributed by atoms with Crippen LogP contribution in [0.4, 0.5) is 0 Å². The maximum absolute atomic E-state index is 12.7. The van der Waals surface area contributed by atoms with E-state index in [0.29, 0.717) is 44.6 Å². The topological polar surface area (TPSA) is 79.3 Å². The standard InChI is InChI=1S/C20H31ClN2O5S.ClH/c1-22(16-5-3-2-4-6-16)14-17(24)15-28-20-8-7-18(13-19(20)21)29(25,26)23-9-11-27-12-10-23;/h7-8,13,16-17,24H,2-6,9-12,14-15H2,1H3;1H. The van der Waals surface area contributed by atoms with Crippen molar-refractivity contribution in [1.82, 2.24) is 9.21 Å². The number of rotatable bonds is 8. The number of ether oxygens (including phenoxy) is 2. The van der Waals surface area contributed by atoms with E-state index in [4.69, 9.17) is 21.1 Å². The van der Waals surface area contributed by atoms with Gasteiger partial charge in [0.05, 0.1) is 23.1 Å². The fourth-order valence-electron chi connectivity index (χ4n) is 3.94. The van der Waals surface area contributed by atoms with Gasteiger partial charge in [-0.25, -0.2) is 8.42 Å². The molecule has 1 atom stereocenters. The zero-order valence-corrected chi connectivity index (χ0v) is 19.7. The fraction of sp³-hybridized carbons (Fsp3) is 0.700. The van der Waals surface area contributed by atoms with Crippen LogP contribution in [-0.2, 0) is 14.8 Å². The minimum Gasteiger partial charge on any atom is -0.489 e. The number of halogens is 2. The first-order chi connectivity index (χ1) is 13.9. The van der Waals surface area contributed by atoms with Crippen LogP contribution in [0.5, 0.6) is 5.75 Å². The molecule has 1 saturated carbocycles. The lowest BCUT2D eigenvalue weighted by molar-refractivity contribution is 0.0561. The third kappa shape index (κ3) is 6.69. The second-order valence-electron chi connectivity index (χ2n) is 7.80. The second kappa shape index (κ2) is 11.9. The molecule has 2 aliphatic rings. The number of sulfonamides is 1. The summed E-state index contributed by atoms with van der Waals surface area (Å²) in [6, 6.07) is 4.97. The number of nitrogens with zero attached hydrogens (tertiary/aromatic N) is 2. The van der Waals surface area contributed by atoms with Crippen LogP contribution >= 0.6 is 24.0 Å². The summed E-state index contributed by atoms with van der Waals surface area (Å²) < 4.78 is 37.7. The highest BCUT2D eigenvalue weighted by Crippen LogP contribution is 2.29. The summed E-state index contributed by atoms with van der Waals surface area (Å²) in [4.78, 5) is 2.33. The van der Waals surface area contributed by atoms with Crippen molar-refractivity contribution in [3.63, 3.8) is 0 Å². The molecule has 1 aliphatic carbocycles. The first kappa shape index (κ1) is 25.6. The number of aliphatic hydroxyl groups is 1. The van der Waals surface area contributed by atoms with Crippen molar-refractivity contribution in [3.05, 3.63) is 23.2 Å². The average molecular weight is 483 g/mol. The average Bonchev–Trinajstić information content (AvgIpc) is 2.74. The summed E-state index contributed by atoms with van der Waals surface area (Å²) in [6.45, 7) is 2.08. The first-order valence-electron chi connectivity index (χ1n) is 10.3. The third-order valence-corrected chi connectivity index (χ3v) is 7.83. The maximum Gasteiger partial charge on any atom is 0.243 e. The highest BCUT2D eigenvalue weighted by atomic mass is 35.5. The van der Waals surface area contributed by atoms with Crippen LogP contribution in [-0.4, -0.2) is 81.4 Å². The van der Waals surface area contributed by atoms with Crippen molar-refractivity contribution in [2.24, 2.45) is 0 Å². The minimum atomic E-state index is -3.60. The Morgan fingerprint density at radius 1 is 1.27 bits per heavy atom. The van der Waals surface area contributed by atoms with Gasteiger partial charge in [-0.2, -0.15) is 4.31 Å². The van der Waals surface area contributed by atoms with Crippen molar-refractivity contribution >= 4 is 34.0 Å². The van der Waals surface area contributed by atoms with Gasteiger partial charge in [-0.1, -0.05) is 30.9 Å². The van der Waals surface area contributed by atoms with Crippen molar-refractivity contribution < 1.29 is 23.0 Å². The predicted molar refractivity (Wildman–Crippen MR) is 119 cm³/mol. The van der Waals surface area contributed by atoms with Gasteiger partial charge in [-0.05, 0) is 38.1 Å². The van der Waals surface area contributed by atoms with Gasteiger partial charge in [0, 0.05) is 25.7 Å². The molecule has 1 aromatic rings. The molecule has 0 spiro atoms. The molecule has 3 rings (SSSR count). The Kier molecular flexibility index (Phi) is 10.1. The molecule has 1 aromatic carbocycles. The summed E-state index contributed by atoms with van der Waals surface area (Å²) in [5.41, 5.74) is 0. The summed E-state index contributed by atoms with van der Waals surface area (Å²) in [5, 5.41) is 10.5. The molecule has 1 N–H and O–H groups in total. The summed E-state index contributed by atoms with van der Waals surface area (Å²) in [5.74, 6) is 0.368. The van der Waals surface area contributed by atoms with Crippen molar-refractivity contribution in [1.29, 1.82) is 0 Å². The van der Waals surface area contributed by atoms with Crippen LogP contribution in [0.15, 0.2) is 23.1 Å². The molecule has 1 unspecified atom stereocenters. The lowest BCUT2D eigenvalue weighted by atomic mass is 9.94. The van der Waals surface area contributed by atoms with Crippen LogP contribution in [0, 0.1) is 0 Å². The molecule has 1 aliphatic heterocycles. The molecule has 0 bridgehead atoms. The van der Waals surface area contributed by atoms with E-state index < -0.39 is 16.1 Å². The molecule has 0 aromatic heterocycles. The van der Waals surface area contributed by atoms with Crippen molar-refractivity contribution in [2.45, 2.75) is 49.1 Å². The fourth-order valence-corrected chi connectivity index (χ4v) is 5.67. The Hall–Kier alpha value is -0.610. The van der Waals surface area contributed by atoms with E-state index in [0.717, 1.165) is 0 Å². The Balaban J connectivity index is 0.00000320.